The van der Waals surface area contributed by atoms with Gasteiger partial charge in [-0.05, 0) is 64.0 Å². The summed E-state index contributed by atoms with van der Waals surface area (Å²) in [5.74, 6) is 0.285. The Morgan fingerprint density at radius 2 is 1.54 bits per heavy atom. The van der Waals surface area contributed by atoms with E-state index < -0.39 is 0 Å². The Bertz CT molecular complexity index is 1480. The number of carbonyl (C=O) groups excluding carboxylic acids is 2. The summed E-state index contributed by atoms with van der Waals surface area (Å²) in [6, 6.07) is 26.9. The van der Waals surface area contributed by atoms with Crippen molar-refractivity contribution in [3.63, 3.8) is 0 Å². The highest BCUT2D eigenvalue weighted by molar-refractivity contribution is 8.18. The van der Waals surface area contributed by atoms with Crippen LogP contribution in [0.1, 0.15) is 16.7 Å². The summed E-state index contributed by atoms with van der Waals surface area (Å²) in [5, 5.41) is 2.79. The largest absolute Gasteiger partial charge is 0.488 e. The lowest BCUT2D eigenvalue weighted by molar-refractivity contribution is -0.123. The smallest absolute Gasteiger partial charge is 0.293 e. The van der Waals surface area contributed by atoms with Gasteiger partial charge in [-0.25, -0.2) is 0 Å². The molecule has 1 aliphatic rings. The van der Waals surface area contributed by atoms with Crippen LogP contribution in [0, 0.1) is 0 Å². The van der Waals surface area contributed by atoms with Crippen LogP contribution in [0.15, 0.2) is 89.8 Å². The van der Waals surface area contributed by atoms with E-state index in [1.807, 2.05) is 42.5 Å². The molecular formula is C28H19Cl2NO3S. The molecule has 5 rings (SSSR count). The molecule has 4 aromatic rings. The van der Waals surface area contributed by atoms with Crippen LogP contribution in [0.3, 0.4) is 0 Å². The van der Waals surface area contributed by atoms with E-state index in [1.54, 1.807) is 24.3 Å². The lowest BCUT2D eigenvalue weighted by Crippen LogP contribution is -2.27. The maximum atomic E-state index is 13.0. The Morgan fingerprint density at radius 1 is 0.800 bits per heavy atom. The number of imide groups is 1. The number of nitrogens with zero attached hydrogens (tertiary/aromatic N) is 1. The normalized spacial score (nSPS) is 14.8. The van der Waals surface area contributed by atoms with Gasteiger partial charge >= 0.3 is 0 Å². The summed E-state index contributed by atoms with van der Waals surface area (Å²) in [4.78, 5) is 27.1. The van der Waals surface area contributed by atoms with Crippen molar-refractivity contribution in [2.24, 2.45) is 0 Å². The average molecular weight is 520 g/mol. The van der Waals surface area contributed by atoms with Crippen molar-refractivity contribution in [2.75, 3.05) is 0 Å². The van der Waals surface area contributed by atoms with Crippen molar-refractivity contribution >= 4 is 63.0 Å². The van der Waals surface area contributed by atoms with Crippen LogP contribution >= 0.6 is 35.0 Å². The van der Waals surface area contributed by atoms with Gasteiger partial charge in [0.2, 0.25) is 0 Å². The fourth-order valence-corrected chi connectivity index (χ4v) is 4.97. The monoisotopic (exact) mass is 519 g/mol. The summed E-state index contributed by atoms with van der Waals surface area (Å²) in [5.41, 5.74) is 2.50. The second-order valence-electron chi connectivity index (χ2n) is 8.02. The minimum atomic E-state index is -0.351. The highest BCUT2D eigenvalue weighted by Gasteiger charge is 2.35. The Labute approximate surface area is 217 Å². The molecule has 0 N–H and O–H groups in total. The van der Waals surface area contributed by atoms with Gasteiger partial charge in [-0.1, -0.05) is 83.9 Å². The van der Waals surface area contributed by atoms with E-state index in [-0.39, 0.29) is 17.7 Å². The molecule has 0 radical (unpaired) electrons. The van der Waals surface area contributed by atoms with Crippen LogP contribution in [0.5, 0.6) is 5.75 Å². The quantitative estimate of drug-likeness (QED) is 0.242. The molecule has 2 amide bonds. The Hall–Kier alpha value is -3.25. The molecule has 0 unspecified atom stereocenters. The Kier molecular flexibility index (Phi) is 6.82. The van der Waals surface area contributed by atoms with E-state index in [2.05, 4.69) is 24.3 Å². The number of ether oxygens (including phenoxy) is 1. The summed E-state index contributed by atoms with van der Waals surface area (Å²) in [6.07, 6.45) is 1.70. The molecule has 1 saturated heterocycles. The van der Waals surface area contributed by atoms with Crippen molar-refractivity contribution < 1.29 is 14.3 Å². The summed E-state index contributed by atoms with van der Waals surface area (Å²) in [6.45, 7) is 0.507. The van der Waals surface area contributed by atoms with Crippen molar-refractivity contribution in [3.05, 3.63) is 117 Å². The zero-order chi connectivity index (χ0) is 24.4. The highest BCUT2D eigenvalue weighted by atomic mass is 35.5. The van der Waals surface area contributed by atoms with Crippen LogP contribution in [0.25, 0.3) is 16.8 Å². The van der Waals surface area contributed by atoms with Gasteiger partial charge in [0.25, 0.3) is 11.1 Å². The van der Waals surface area contributed by atoms with Gasteiger partial charge in [0.05, 0.1) is 21.5 Å². The van der Waals surface area contributed by atoms with E-state index >= 15 is 0 Å². The molecule has 1 aliphatic heterocycles. The van der Waals surface area contributed by atoms with E-state index in [4.69, 9.17) is 27.9 Å². The van der Waals surface area contributed by atoms with Crippen LogP contribution in [0.4, 0.5) is 4.79 Å². The van der Waals surface area contributed by atoms with Crippen LogP contribution in [-0.4, -0.2) is 16.0 Å². The number of carbonyl (C=O) groups is 2. The molecule has 0 aliphatic carbocycles. The van der Waals surface area contributed by atoms with E-state index in [0.717, 1.165) is 33.8 Å². The molecule has 1 fully saturated rings. The molecule has 0 bridgehead atoms. The third kappa shape index (κ3) is 5.22. The van der Waals surface area contributed by atoms with Crippen LogP contribution in [0.2, 0.25) is 10.0 Å². The predicted octanol–water partition coefficient (Wildman–Crippen LogP) is 7.96. The molecule has 4 nitrogen and oxygen atoms in total. The second kappa shape index (κ2) is 10.2. The number of amides is 2. The molecule has 0 spiro atoms. The number of rotatable bonds is 6. The second-order valence-corrected chi connectivity index (χ2v) is 9.83. The first-order chi connectivity index (χ1) is 17.0. The topological polar surface area (TPSA) is 46.6 Å². The minimum Gasteiger partial charge on any atom is -0.488 e. The van der Waals surface area contributed by atoms with Crippen molar-refractivity contribution in [1.82, 2.24) is 4.90 Å². The molecule has 174 valence electrons. The number of thioether (sulfide) groups is 1. The molecule has 35 heavy (non-hydrogen) atoms. The third-order valence-electron chi connectivity index (χ3n) is 5.61. The van der Waals surface area contributed by atoms with Gasteiger partial charge in [0, 0.05) is 5.56 Å². The van der Waals surface area contributed by atoms with Crippen LogP contribution < -0.4 is 4.74 Å². The summed E-state index contributed by atoms with van der Waals surface area (Å²) < 4.78 is 6.10. The fourth-order valence-electron chi connectivity index (χ4n) is 3.82. The maximum Gasteiger partial charge on any atom is 0.293 e. The fraction of sp³-hybridized carbons (Fsp3) is 0.0714. The van der Waals surface area contributed by atoms with Gasteiger partial charge in [-0.2, -0.15) is 0 Å². The number of hydrogen-bond donors (Lipinski definition) is 0. The number of benzene rings is 4. The summed E-state index contributed by atoms with van der Waals surface area (Å²) >= 11 is 13.0. The highest BCUT2D eigenvalue weighted by Crippen LogP contribution is 2.35. The Morgan fingerprint density at radius 3 is 2.37 bits per heavy atom. The first-order valence-electron chi connectivity index (χ1n) is 10.9. The standard InChI is InChI=1S/C28H19Cl2NO3S/c29-23-12-10-18(14-24(23)30)16-31-27(32)26(35-28(31)33)15-22-7-3-4-8-25(22)34-17-19-9-11-20-5-1-2-6-21(20)13-19/h1-15H,16-17H2/b26-15-. The lowest BCUT2D eigenvalue weighted by Gasteiger charge is -2.13. The first kappa shape index (κ1) is 23.5. The van der Waals surface area contributed by atoms with E-state index in [9.17, 15) is 9.59 Å². The van der Waals surface area contributed by atoms with Gasteiger partial charge in [0.15, 0.2) is 0 Å². The maximum absolute atomic E-state index is 13.0. The van der Waals surface area contributed by atoms with Crippen LogP contribution in [-0.2, 0) is 17.9 Å². The van der Waals surface area contributed by atoms with Gasteiger partial charge in [-0.3, -0.25) is 14.5 Å². The van der Waals surface area contributed by atoms with Gasteiger partial charge in [-0.15, -0.1) is 0 Å². The molecule has 0 atom stereocenters. The van der Waals surface area contributed by atoms with E-state index in [0.29, 0.717) is 27.3 Å². The molecule has 0 saturated carbocycles. The number of halogens is 2. The summed E-state index contributed by atoms with van der Waals surface area (Å²) in [7, 11) is 0. The van der Waals surface area contributed by atoms with E-state index in [1.165, 1.54) is 10.3 Å². The molecule has 1 heterocycles. The zero-order valence-electron chi connectivity index (χ0n) is 18.4. The van der Waals surface area contributed by atoms with Crippen molar-refractivity contribution in [1.29, 1.82) is 0 Å². The lowest BCUT2D eigenvalue weighted by atomic mass is 10.1. The Balaban J connectivity index is 1.33. The third-order valence-corrected chi connectivity index (χ3v) is 7.26. The van der Waals surface area contributed by atoms with Gasteiger partial charge < -0.3 is 4.74 Å². The zero-order valence-corrected chi connectivity index (χ0v) is 20.7. The minimum absolute atomic E-state index is 0.124. The van der Waals surface area contributed by atoms with Gasteiger partial charge in [0.1, 0.15) is 12.4 Å². The SMILES string of the molecule is O=C1S/C(=C\c2ccccc2OCc2ccc3ccccc3c2)C(=O)N1Cc1ccc(Cl)c(Cl)c1. The molecular weight excluding hydrogens is 501 g/mol. The number of para-hydroxylation sites is 1. The average Bonchev–Trinajstić information content (AvgIpc) is 3.13. The molecule has 7 heteroatoms. The number of hydrogen-bond acceptors (Lipinski definition) is 4. The van der Waals surface area contributed by atoms with Crippen molar-refractivity contribution in [3.8, 4) is 5.75 Å². The molecule has 4 aromatic carbocycles. The molecule has 0 aromatic heterocycles. The first-order valence-corrected chi connectivity index (χ1v) is 12.4. The predicted molar refractivity (Wildman–Crippen MR) is 143 cm³/mol. The van der Waals surface area contributed by atoms with Crippen molar-refractivity contribution in [2.45, 2.75) is 13.2 Å². The number of fused-ring (bicyclic) bond motifs is 1.